The lowest BCUT2D eigenvalue weighted by molar-refractivity contribution is 0.0541. The predicted molar refractivity (Wildman–Crippen MR) is 89.7 cm³/mol. The Morgan fingerprint density at radius 1 is 1.27 bits per heavy atom. The summed E-state index contributed by atoms with van der Waals surface area (Å²) < 4.78 is 17.9. The molecule has 0 radical (unpaired) electrons. The number of nitrogens with one attached hydrogen (secondary N) is 1. The van der Waals surface area contributed by atoms with E-state index in [1.54, 1.807) is 6.07 Å². The van der Waals surface area contributed by atoms with Crippen molar-refractivity contribution in [1.29, 1.82) is 0 Å². The van der Waals surface area contributed by atoms with Gasteiger partial charge in [0, 0.05) is 7.05 Å². The summed E-state index contributed by atoms with van der Waals surface area (Å²) in [6.07, 6.45) is 4.24. The molecule has 1 rings (SSSR count). The lowest BCUT2D eigenvalue weighted by Gasteiger charge is -2.18. The Labute approximate surface area is 134 Å². The SMILES string of the molecule is CCCCCc1cccc(F)c1C.CNC(=O)OC(C)(C)C. The molecule has 1 N–H and O–H groups in total. The van der Waals surface area contributed by atoms with Crippen molar-refractivity contribution in [2.45, 2.75) is 65.9 Å². The fraction of sp³-hybridized carbons (Fsp3) is 0.611. The number of hydrogen-bond donors (Lipinski definition) is 1. The summed E-state index contributed by atoms with van der Waals surface area (Å²) in [7, 11) is 1.54. The topological polar surface area (TPSA) is 38.3 Å². The molecule has 0 fully saturated rings. The third kappa shape index (κ3) is 9.37. The van der Waals surface area contributed by atoms with Crippen LogP contribution in [0.2, 0.25) is 0 Å². The van der Waals surface area contributed by atoms with Gasteiger partial charge in [-0.05, 0) is 57.7 Å². The van der Waals surface area contributed by atoms with Crippen LogP contribution in [0.3, 0.4) is 0 Å². The molecule has 0 aliphatic rings. The molecule has 22 heavy (non-hydrogen) atoms. The van der Waals surface area contributed by atoms with Gasteiger partial charge in [-0.2, -0.15) is 0 Å². The van der Waals surface area contributed by atoms with E-state index in [1.807, 2.05) is 33.8 Å². The second kappa shape index (κ2) is 10.2. The first-order chi connectivity index (χ1) is 10.2. The molecule has 0 aliphatic carbocycles. The van der Waals surface area contributed by atoms with Crippen molar-refractivity contribution in [2.75, 3.05) is 7.05 Å². The molecule has 0 atom stereocenters. The second-order valence-corrected chi connectivity index (χ2v) is 6.23. The molecule has 0 aliphatic heterocycles. The van der Waals surface area contributed by atoms with Gasteiger partial charge in [0.15, 0.2) is 0 Å². The number of unbranched alkanes of at least 4 members (excludes halogenated alkanes) is 2. The van der Waals surface area contributed by atoms with Gasteiger partial charge in [-0.25, -0.2) is 9.18 Å². The standard InChI is InChI=1S/C12H17F.C6H13NO2/c1-3-4-5-7-11-8-6-9-12(13)10(11)2;1-6(2,3)9-5(8)7-4/h6,8-9H,3-5,7H2,1-2H3;1-4H3,(H,7,8). The number of halogens is 1. The highest BCUT2D eigenvalue weighted by atomic mass is 19.1. The average Bonchev–Trinajstić information content (AvgIpc) is 2.42. The van der Waals surface area contributed by atoms with Crippen LogP contribution in [-0.2, 0) is 11.2 Å². The maximum Gasteiger partial charge on any atom is 0.407 e. The van der Waals surface area contributed by atoms with Crippen LogP contribution in [0.25, 0.3) is 0 Å². The summed E-state index contributed by atoms with van der Waals surface area (Å²) >= 11 is 0. The lowest BCUT2D eigenvalue weighted by Crippen LogP contribution is -2.30. The minimum atomic E-state index is -0.389. The highest BCUT2D eigenvalue weighted by Gasteiger charge is 2.13. The van der Waals surface area contributed by atoms with Crippen LogP contribution in [0.15, 0.2) is 18.2 Å². The number of benzene rings is 1. The molecule has 1 amide bonds. The lowest BCUT2D eigenvalue weighted by atomic mass is 10.0. The van der Waals surface area contributed by atoms with Crippen LogP contribution in [0, 0.1) is 12.7 Å². The number of carbonyl (C=O) groups excluding carboxylic acids is 1. The normalized spacial score (nSPS) is 10.5. The number of amides is 1. The maximum atomic E-state index is 13.1. The smallest absolute Gasteiger partial charge is 0.407 e. The van der Waals surface area contributed by atoms with Crippen LogP contribution in [-0.4, -0.2) is 18.7 Å². The molecule has 4 heteroatoms. The Balaban J connectivity index is 0.000000433. The molecule has 1 aromatic rings. The first-order valence-electron chi connectivity index (χ1n) is 7.86. The van der Waals surface area contributed by atoms with E-state index in [9.17, 15) is 9.18 Å². The zero-order valence-electron chi connectivity index (χ0n) is 14.8. The Kier molecular flexibility index (Phi) is 9.46. The largest absolute Gasteiger partial charge is 0.444 e. The molecule has 1 aromatic carbocycles. The highest BCUT2D eigenvalue weighted by Crippen LogP contribution is 2.14. The van der Waals surface area contributed by atoms with E-state index < -0.39 is 0 Å². The third-order valence-electron chi connectivity index (χ3n) is 3.03. The quantitative estimate of drug-likeness (QED) is 0.794. The second-order valence-electron chi connectivity index (χ2n) is 6.23. The summed E-state index contributed by atoms with van der Waals surface area (Å²) in [6.45, 7) is 9.50. The van der Waals surface area contributed by atoms with Crippen molar-refractivity contribution in [3.05, 3.63) is 35.1 Å². The Hall–Kier alpha value is -1.58. The highest BCUT2D eigenvalue weighted by molar-refractivity contribution is 5.67. The number of rotatable bonds is 4. The van der Waals surface area contributed by atoms with E-state index in [2.05, 4.69) is 12.2 Å². The average molecular weight is 311 g/mol. The van der Waals surface area contributed by atoms with Gasteiger partial charge in [0.25, 0.3) is 0 Å². The number of aryl methyl sites for hydroxylation is 1. The van der Waals surface area contributed by atoms with E-state index in [0.29, 0.717) is 0 Å². The predicted octanol–water partition coefficient (Wildman–Crippen LogP) is 5.01. The van der Waals surface area contributed by atoms with Crippen molar-refractivity contribution in [2.24, 2.45) is 0 Å². The van der Waals surface area contributed by atoms with Crippen LogP contribution < -0.4 is 5.32 Å². The van der Waals surface area contributed by atoms with Gasteiger partial charge in [-0.3, -0.25) is 0 Å². The summed E-state index contributed by atoms with van der Waals surface area (Å²) in [4.78, 5) is 10.5. The molecule has 0 heterocycles. The fourth-order valence-corrected chi connectivity index (χ4v) is 1.82. The minimum absolute atomic E-state index is 0.0750. The molecule has 3 nitrogen and oxygen atoms in total. The molecule has 0 aromatic heterocycles. The third-order valence-corrected chi connectivity index (χ3v) is 3.03. The van der Waals surface area contributed by atoms with Gasteiger partial charge >= 0.3 is 6.09 Å². The molecule has 126 valence electrons. The molecular weight excluding hydrogens is 281 g/mol. The van der Waals surface area contributed by atoms with Gasteiger partial charge in [-0.1, -0.05) is 31.9 Å². The Morgan fingerprint density at radius 2 is 1.91 bits per heavy atom. The van der Waals surface area contributed by atoms with Gasteiger partial charge in [0.05, 0.1) is 0 Å². The van der Waals surface area contributed by atoms with Crippen LogP contribution in [0.1, 0.15) is 58.1 Å². The van der Waals surface area contributed by atoms with Gasteiger partial charge in [-0.15, -0.1) is 0 Å². The zero-order chi connectivity index (χ0) is 17.2. The van der Waals surface area contributed by atoms with Gasteiger partial charge in [0.2, 0.25) is 0 Å². The van der Waals surface area contributed by atoms with Crippen molar-refractivity contribution >= 4 is 6.09 Å². The van der Waals surface area contributed by atoms with E-state index in [4.69, 9.17) is 4.74 Å². The molecule has 0 saturated carbocycles. The van der Waals surface area contributed by atoms with Gasteiger partial charge in [0.1, 0.15) is 11.4 Å². The number of ether oxygens (including phenoxy) is 1. The summed E-state index contributed by atoms with van der Waals surface area (Å²) in [5.41, 5.74) is 1.59. The van der Waals surface area contributed by atoms with Crippen molar-refractivity contribution in [1.82, 2.24) is 5.32 Å². The maximum absolute atomic E-state index is 13.1. The Morgan fingerprint density at radius 3 is 2.36 bits per heavy atom. The van der Waals surface area contributed by atoms with Gasteiger partial charge < -0.3 is 10.1 Å². The number of alkyl carbamates (subject to hydrolysis) is 1. The van der Waals surface area contributed by atoms with Crippen molar-refractivity contribution in [3.63, 3.8) is 0 Å². The van der Waals surface area contributed by atoms with E-state index in [-0.39, 0.29) is 17.5 Å². The van der Waals surface area contributed by atoms with Crippen LogP contribution in [0.4, 0.5) is 9.18 Å². The summed E-state index contributed by atoms with van der Waals surface area (Å²) in [5.74, 6) is -0.0750. The fourth-order valence-electron chi connectivity index (χ4n) is 1.82. The van der Waals surface area contributed by atoms with E-state index in [0.717, 1.165) is 17.5 Å². The molecule has 0 saturated heterocycles. The van der Waals surface area contributed by atoms with Crippen molar-refractivity contribution < 1.29 is 13.9 Å². The molecule has 0 bridgehead atoms. The van der Waals surface area contributed by atoms with Crippen LogP contribution in [0.5, 0.6) is 0 Å². The first-order valence-corrected chi connectivity index (χ1v) is 7.86. The first kappa shape index (κ1) is 20.4. The molecular formula is C18H30FNO2. The molecule has 0 unspecified atom stereocenters. The Bertz CT molecular complexity index is 453. The number of hydrogen-bond acceptors (Lipinski definition) is 2. The van der Waals surface area contributed by atoms with Crippen molar-refractivity contribution in [3.8, 4) is 0 Å². The zero-order valence-corrected chi connectivity index (χ0v) is 14.8. The number of carbonyl (C=O) groups is 1. The summed E-state index contributed by atoms with van der Waals surface area (Å²) in [5, 5.41) is 2.36. The molecule has 0 spiro atoms. The monoisotopic (exact) mass is 311 g/mol. The van der Waals surface area contributed by atoms with Crippen LogP contribution >= 0.6 is 0 Å². The van der Waals surface area contributed by atoms with E-state index >= 15 is 0 Å². The summed E-state index contributed by atoms with van der Waals surface area (Å²) in [6, 6.07) is 5.34. The minimum Gasteiger partial charge on any atom is -0.444 e. The van der Waals surface area contributed by atoms with E-state index in [1.165, 1.54) is 32.4 Å².